The maximum absolute atomic E-state index is 14.7. The van der Waals surface area contributed by atoms with Crippen molar-refractivity contribution in [2.45, 2.75) is 40.5 Å². The number of fused-ring (bicyclic) bond motifs is 1. The van der Waals surface area contributed by atoms with Gasteiger partial charge in [0.05, 0.1) is 18.5 Å². The van der Waals surface area contributed by atoms with Crippen LogP contribution in [-0.4, -0.2) is 27.7 Å². The molecule has 0 saturated heterocycles. The first-order valence-corrected chi connectivity index (χ1v) is 10.1. The summed E-state index contributed by atoms with van der Waals surface area (Å²) in [5.41, 5.74) is 3.18. The molecule has 0 fully saturated rings. The highest BCUT2D eigenvalue weighted by Gasteiger charge is 2.37. The van der Waals surface area contributed by atoms with Gasteiger partial charge in [0.15, 0.2) is 11.6 Å². The van der Waals surface area contributed by atoms with Crippen LogP contribution in [0.3, 0.4) is 0 Å². The average Bonchev–Trinajstić information content (AvgIpc) is 2.91. The number of halogens is 1. The average molecular weight is 428 g/mol. The highest BCUT2D eigenvalue weighted by molar-refractivity contribution is 7.80. The van der Waals surface area contributed by atoms with E-state index in [1.807, 2.05) is 58.9 Å². The van der Waals surface area contributed by atoms with Gasteiger partial charge < -0.3 is 14.4 Å². The molecule has 3 aromatic rings. The molecule has 1 atom stereocenters. The number of carboxylic acids is 1. The van der Waals surface area contributed by atoms with Crippen molar-refractivity contribution < 1.29 is 19.0 Å². The van der Waals surface area contributed by atoms with Gasteiger partial charge in [0.25, 0.3) is 0 Å². The first-order valence-electron chi connectivity index (χ1n) is 9.70. The molecule has 1 unspecified atom stereocenters. The smallest absolute Gasteiger partial charge is 0.311 e. The predicted molar refractivity (Wildman–Crippen MR) is 121 cm³/mol. The van der Waals surface area contributed by atoms with Crippen LogP contribution in [-0.2, 0) is 4.79 Å². The summed E-state index contributed by atoms with van der Waals surface area (Å²) >= 11 is 5.77. The first-order chi connectivity index (χ1) is 14.0. The van der Waals surface area contributed by atoms with Crippen molar-refractivity contribution in [2.75, 3.05) is 7.11 Å². The number of aromatic nitrogens is 1. The molecule has 0 saturated carbocycles. The quantitative estimate of drug-likeness (QED) is 0.531. The van der Waals surface area contributed by atoms with E-state index in [4.69, 9.17) is 17.0 Å². The van der Waals surface area contributed by atoms with Crippen molar-refractivity contribution in [1.82, 2.24) is 4.57 Å². The van der Waals surface area contributed by atoms with E-state index < -0.39 is 23.1 Å². The third-order valence-corrected chi connectivity index (χ3v) is 5.85. The lowest BCUT2D eigenvalue weighted by Gasteiger charge is -2.28. The number of benzene rings is 2. The zero-order valence-corrected chi connectivity index (χ0v) is 18.9. The Morgan fingerprint density at radius 1 is 1.17 bits per heavy atom. The van der Waals surface area contributed by atoms with Gasteiger partial charge in [-0.2, -0.15) is 0 Å². The number of hydrogen-bond donors (Lipinski definition) is 1. The number of nitrogens with zero attached hydrogens (tertiary/aromatic N) is 1. The van der Waals surface area contributed by atoms with Gasteiger partial charge >= 0.3 is 5.97 Å². The van der Waals surface area contributed by atoms with Gasteiger partial charge in [-0.15, -0.1) is 0 Å². The fourth-order valence-electron chi connectivity index (χ4n) is 3.97. The molecule has 0 bridgehead atoms. The van der Waals surface area contributed by atoms with Crippen LogP contribution in [0, 0.1) is 25.1 Å². The number of aliphatic carboxylic acids is 1. The minimum absolute atomic E-state index is 0.0696. The van der Waals surface area contributed by atoms with Crippen LogP contribution < -0.4 is 4.74 Å². The van der Waals surface area contributed by atoms with Crippen molar-refractivity contribution in [1.29, 1.82) is 0 Å². The van der Waals surface area contributed by atoms with E-state index in [9.17, 15) is 14.3 Å². The number of methoxy groups -OCH3 is 1. The molecule has 1 N–H and O–H groups in total. The second-order valence-corrected chi connectivity index (χ2v) is 9.03. The summed E-state index contributed by atoms with van der Waals surface area (Å²) in [6, 6.07) is 10.7. The Morgan fingerprint density at radius 3 is 2.27 bits per heavy atom. The van der Waals surface area contributed by atoms with Gasteiger partial charge in [-0.3, -0.25) is 4.79 Å². The number of carbonyl (C=O) groups is 1. The Balaban J connectivity index is 2.40. The third kappa shape index (κ3) is 3.72. The largest absolute Gasteiger partial charge is 0.494 e. The molecule has 2 aromatic carbocycles. The maximum Gasteiger partial charge on any atom is 0.311 e. The standard InChI is InChI=1S/C24H26FNO3S/c1-13-7-9-15(10-8-13)22(30)26-14(2)20(21(23(27)28)24(3,4)5)16-11-19(29-6)17(25)12-18(16)26/h7-12,21H,1-6H3,(H,27,28). The van der Waals surface area contributed by atoms with Crippen molar-refractivity contribution >= 4 is 34.1 Å². The minimum atomic E-state index is -0.936. The summed E-state index contributed by atoms with van der Waals surface area (Å²) in [6.45, 7) is 9.47. The van der Waals surface area contributed by atoms with Gasteiger partial charge in [-0.05, 0) is 30.9 Å². The normalized spacial score (nSPS) is 12.8. The molecule has 0 aliphatic rings. The molecule has 0 aliphatic carbocycles. The second-order valence-electron chi connectivity index (χ2n) is 8.65. The summed E-state index contributed by atoms with van der Waals surface area (Å²) in [5.74, 6) is -2.20. The third-order valence-electron chi connectivity index (χ3n) is 5.43. The molecule has 0 spiro atoms. The van der Waals surface area contributed by atoms with Crippen LogP contribution in [0.2, 0.25) is 0 Å². The van der Waals surface area contributed by atoms with E-state index in [0.717, 1.165) is 11.1 Å². The Hall–Kier alpha value is -2.73. The van der Waals surface area contributed by atoms with Crippen molar-refractivity contribution in [3.05, 3.63) is 64.6 Å². The van der Waals surface area contributed by atoms with E-state index in [1.54, 1.807) is 10.6 Å². The van der Waals surface area contributed by atoms with Crippen LogP contribution in [0.15, 0.2) is 36.4 Å². The van der Waals surface area contributed by atoms with Gasteiger partial charge in [-0.25, -0.2) is 4.39 Å². The zero-order chi connectivity index (χ0) is 22.4. The van der Waals surface area contributed by atoms with E-state index >= 15 is 0 Å². The van der Waals surface area contributed by atoms with Crippen LogP contribution in [0.4, 0.5) is 4.39 Å². The van der Waals surface area contributed by atoms with Gasteiger partial charge in [0.1, 0.15) is 4.99 Å². The van der Waals surface area contributed by atoms with E-state index in [0.29, 0.717) is 27.1 Å². The Kier molecular flexibility index (Phi) is 5.74. The van der Waals surface area contributed by atoms with Crippen LogP contribution in [0.1, 0.15) is 49.1 Å². The molecular weight excluding hydrogens is 401 g/mol. The van der Waals surface area contributed by atoms with Crippen LogP contribution in [0.5, 0.6) is 5.75 Å². The molecule has 3 rings (SSSR count). The molecule has 0 amide bonds. The number of ether oxygens (including phenoxy) is 1. The SMILES string of the molecule is COc1cc2c(C(C(=O)O)C(C)(C)C)c(C)n(C(=S)c3ccc(C)cc3)c2cc1F. The summed E-state index contributed by atoms with van der Waals surface area (Å²) in [5, 5.41) is 10.7. The molecule has 6 heteroatoms. The fraction of sp³-hybridized carbons (Fsp3) is 0.333. The fourth-order valence-corrected chi connectivity index (χ4v) is 4.35. The molecule has 30 heavy (non-hydrogen) atoms. The molecule has 1 aromatic heterocycles. The van der Waals surface area contributed by atoms with Crippen LogP contribution >= 0.6 is 12.2 Å². The lowest BCUT2D eigenvalue weighted by Crippen LogP contribution is -2.27. The van der Waals surface area contributed by atoms with Gasteiger partial charge in [0, 0.05) is 22.7 Å². The van der Waals surface area contributed by atoms with E-state index in [2.05, 4.69) is 0 Å². The van der Waals surface area contributed by atoms with Crippen LogP contribution in [0.25, 0.3) is 10.9 Å². The first kappa shape index (κ1) is 22.0. The number of carboxylic acid groups (broad SMARTS) is 1. The predicted octanol–water partition coefficient (Wildman–Crippen LogP) is 5.84. The summed E-state index contributed by atoms with van der Waals surface area (Å²) in [7, 11) is 1.39. The highest BCUT2D eigenvalue weighted by atomic mass is 32.1. The van der Waals surface area contributed by atoms with E-state index in [1.165, 1.54) is 13.2 Å². The lowest BCUT2D eigenvalue weighted by molar-refractivity contribution is -0.141. The summed E-state index contributed by atoms with van der Waals surface area (Å²) in [6.07, 6.45) is 0. The van der Waals surface area contributed by atoms with Crippen molar-refractivity contribution in [3.8, 4) is 5.75 Å². The monoisotopic (exact) mass is 427 g/mol. The summed E-state index contributed by atoms with van der Waals surface area (Å²) < 4.78 is 21.6. The number of thiocarbonyl (C=S) groups is 1. The van der Waals surface area contributed by atoms with Crippen molar-refractivity contribution in [3.63, 3.8) is 0 Å². The Labute approximate surface area is 181 Å². The number of aryl methyl sites for hydroxylation is 1. The molecule has 158 valence electrons. The topological polar surface area (TPSA) is 51.5 Å². The summed E-state index contributed by atoms with van der Waals surface area (Å²) in [4.78, 5) is 12.8. The van der Waals surface area contributed by atoms with Crippen molar-refractivity contribution in [2.24, 2.45) is 5.41 Å². The molecule has 0 aliphatic heterocycles. The maximum atomic E-state index is 14.7. The molecular formula is C24H26FNO3S. The Bertz CT molecular complexity index is 1140. The second kappa shape index (κ2) is 7.84. The van der Waals surface area contributed by atoms with Gasteiger partial charge in [-0.1, -0.05) is 62.8 Å². The minimum Gasteiger partial charge on any atom is -0.494 e. The van der Waals surface area contributed by atoms with Gasteiger partial charge in [0.2, 0.25) is 0 Å². The molecule has 4 nitrogen and oxygen atoms in total. The Morgan fingerprint density at radius 2 is 1.77 bits per heavy atom. The molecule has 1 heterocycles. The number of hydrogen-bond acceptors (Lipinski definition) is 3. The lowest BCUT2D eigenvalue weighted by atomic mass is 9.75. The van der Waals surface area contributed by atoms with E-state index in [-0.39, 0.29) is 5.75 Å². The number of rotatable bonds is 4. The molecule has 0 radical (unpaired) electrons. The highest BCUT2D eigenvalue weighted by Crippen LogP contribution is 2.43. The zero-order valence-electron chi connectivity index (χ0n) is 18.0.